The molecule has 1 aliphatic heterocycles. The van der Waals surface area contributed by atoms with E-state index in [0.717, 1.165) is 53.9 Å². The predicted octanol–water partition coefficient (Wildman–Crippen LogP) is 2.14. The van der Waals surface area contributed by atoms with Crippen molar-refractivity contribution in [2.24, 2.45) is 0 Å². The summed E-state index contributed by atoms with van der Waals surface area (Å²) < 4.78 is 0. The summed E-state index contributed by atoms with van der Waals surface area (Å²) in [4.78, 5) is 9.18. The molecule has 0 radical (unpaired) electrons. The van der Waals surface area contributed by atoms with E-state index in [1.54, 1.807) is 0 Å². The van der Waals surface area contributed by atoms with Crippen LogP contribution in [0, 0.1) is 6.92 Å². The van der Waals surface area contributed by atoms with E-state index in [2.05, 4.69) is 20.6 Å². The highest BCUT2D eigenvalue weighted by molar-refractivity contribution is 6.30. The second kappa shape index (κ2) is 7.92. The van der Waals surface area contributed by atoms with Crippen LogP contribution >= 0.6 is 11.6 Å². The minimum absolute atomic E-state index is 0.0404. The van der Waals surface area contributed by atoms with E-state index in [9.17, 15) is 5.11 Å². The Hall–Kier alpha value is -1.69. The van der Waals surface area contributed by atoms with Gasteiger partial charge in [-0.1, -0.05) is 23.7 Å². The van der Waals surface area contributed by atoms with Gasteiger partial charge in [-0.05, 0) is 44.0 Å². The first-order chi connectivity index (χ1) is 11.7. The first kappa shape index (κ1) is 17.1. The van der Waals surface area contributed by atoms with Crippen LogP contribution in [0.3, 0.4) is 0 Å². The van der Waals surface area contributed by atoms with Crippen LogP contribution in [0.15, 0.2) is 24.3 Å². The van der Waals surface area contributed by atoms with Crippen molar-refractivity contribution in [1.82, 2.24) is 15.3 Å². The molecule has 2 aromatic rings. The molecule has 1 atom stereocenters. The number of aliphatic hydroxyl groups is 1. The van der Waals surface area contributed by atoms with Crippen molar-refractivity contribution in [2.45, 2.75) is 32.2 Å². The SMILES string of the molecule is Cc1nc2c(c(NC(CO)Cc3ccc(Cl)cc3)n1)CCNCC2. The second-order valence-electron chi connectivity index (χ2n) is 6.15. The normalized spacial score (nSPS) is 15.5. The topological polar surface area (TPSA) is 70.1 Å². The fourth-order valence-corrected chi connectivity index (χ4v) is 3.17. The highest BCUT2D eigenvalue weighted by Crippen LogP contribution is 2.21. The quantitative estimate of drug-likeness (QED) is 0.774. The Bertz CT molecular complexity index is 690. The number of nitrogens with one attached hydrogen (secondary N) is 2. The Kier molecular flexibility index (Phi) is 5.66. The molecular weight excluding hydrogens is 324 g/mol. The standard InChI is InChI=1S/C18H23ClN4O/c1-12-21-17-7-9-20-8-6-16(17)18(22-12)23-15(11-24)10-13-2-4-14(19)5-3-13/h2-5,15,20,24H,6-11H2,1H3,(H,21,22,23). The van der Waals surface area contributed by atoms with Gasteiger partial charge >= 0.3 is 0 Å². The van der Waals surface area contributed by atoms with Gasteiger partial charge in [-0.25, -0.2) is 9.97 Å². The minimum Gasteiger partial charge on any atom is -0.394 e. The highest BCUT2D eigenvalue weighted by atomic mass is 35.5. The molecule has 5 nitrogen and oxygen atoms in total. The number of nitrogens with zero attached hydrogens (tertiary/aromatic N) is 2. The molecule has 1 aliphatic rings. The Morgan fingerprint density at radius 3 is 2.71 bits per heavy atom. The van der Waals surface area contributed by atoms with Gasteiger partial charge in [0.1, 0.15) is 11.6 Å². The zero-order chi connectivity index (χ0) is 16.9. The van der Waals surface area contributed by atoms with Crippen LogP contribution < -0.4 is 10.6 Å². The number of benzene rings is 1. The first-order valence-electron chi connectivity index (χ1n) is 8.34. The summed E-state index contributed by atoms with van der Waals surface area (Å²) in [5.74, 6) is 1.62. The van der Waals surface area contributed by atoms with Crippen molar-refractivity contribution in [3.8, 4) is 0 Å². The van der Waals surface area contributed by atoms with Crippen molar-refractivity contribution < 1.29 is 5.11 Å². The molecule has 0 aliphatic carbocycles. The van der Waals surface area contributed by atoms with E-state index >= 15 is 0 Å². The molecular formula is C18H23ClN4O. The van der Waals surface area contributed by atoms with Gasteiger partial charge in [-0.2, -0.15) is 0 Å². The van der Waals surface area contributed by atoms with E-state index in [-0.39, 0.29) is 12.6 Å². The molecule has 0 fully saturated rings. The highest BCUT2D eigenvalue weighted by Gasteiger charge is 2.18. The molecule has 6 heteroatoms. The number of rotatable bonds is 5. The molecule has 1 unspecified atom stereocenters. The maximum atomic E-state index is 9.79. The van der Waals surface area contributed by atoms with Crippen LogP contribution in [0.2, 0.25) is 5.02 Å². The van der Waals surface area contributed by atoms with Crippen LogP contribution in [0.1, 0.15) is 22.6 Å². The van der Waals surface area contributed by atoms with Gasteiger partial charge in [-0.3, -0.25) is 0 Å². The zero-order valence-corrected chi connectivity index (χ0v) is 14.6. The van der Waals surface area contributed by atoms with Gasteiger partial charge < -0.3 is 15.7 Å². The molecule has 128 valence electrons. The number of aliphatic hydroxyl groups excluding tert-OH is 1. The summed E-state index contributed by atoms with van der Waals surface area (Å²) >= 11 is 5.94. The number of hydrogen-bond acceptors (Lipinski definition) is 5. The van der Waals surface area contributed by atoms with Crippen molar-refractivity contribution in [3.05, 3.63) is 51.9 Å². The predicted molar refractivity (Wildman–Crippen MR) is 96.7 cm³/mol. The Morgan fingerprint density at radius 1 is 1.21 bits per heavy atom. The Balaban J connectivity index is 1.80. The minimum atomic E-state index is -0.0965. The smallest absolute Gasteiger partial charge is 0.133 e. The van der Waals surface area contributed by atoms with E-state index in [4.69, 9.17) is 11.6 Å². The lowest BCUT2D eigenvalue weighted by Gasteiger charge is -2.20. The van der Waals surface area contributed by atoms with Gasteiger partial charge in [0.15, 0.2) is 0 Å². The Labute approximate surface area is 147 Å². The molecule has 3 rings (SSSR count). The number of aryl methyl sites for hydroxylation is 1. The summed E-state index contributed by atoms with van der Waals surface area (Å²) in [6.45, 7) is 3.82. The molecule has 3 N–H and O–H groups in total. The van der Waals surface area contributed by atoms with E-state index in [1.165, 1.54) is 5.56 Å². The number of aromatic nitrogens is 2. The molecule has 0 amide bonds. The van der Waals surface area contributed by atoms with Crippen molar-refractivity contribution >= 4 is 17.4 Å². The third kappa shape index (κ3) is 4.23. The number of hydrogen-bond donors (Lipinski definition) is 3. The maximum Gasteiger partial charge on any atom is 0.133 e. The lowest BCUT2D eigenvalue weighted by atomic mass is 10.1. The fraction of sp³-hybridized carbons (Fsp3) is 0.444. The zero-order valence-electron chi connectivity index (χ0n) is 13.8. The number of anilines is 1. The third-order valence-electron chi connectivity index (χ3n) is 4.25. The number of fused-ring (bicyclic) bond motifs is 1. The molecule has 0 bridgehead atoms. The molecule has 0 saturated heterocycles. The largest absolute Gasteiger partial charge is 0.394 e. The summed E-state index contributed by atoms with van der Waals surface area (Å²) in [5, 5.41) is 17.3. The summed E-state index contributed by atoms with van der Waals surface area (Å²) in [6.07, 6.45) is 2.52. The third-order valence-corrected chi connectivity index (χ3v) is 4.50. The second-order valence-corrected chi connectivity index (χ2v) is 6.59. The maximum absolute atomic E-state index is 9.79. The van der Waals surface area contributed by atoms with Gasteiger partial charge in [0.2, 0.25) is 0 Å². The van der Waals surface area contributed by atoms with Crippen LogP contribution in [-0.4, -0.2) is 40.8 Å². The van der Waals surface area contributed by atoms with Crippen molar-refractivity contribution in [2.75, 3.05) is 25.0 Å². The molecule has 1 aromatic heterocycles. The summed E-state index contributed by atoms with van der Waals surface area (Å²) in [7, 11) is 0. The van der Waals surface area contributed by atoms with Crippen molar-refractivity contribution in [1.29, 1.82) is 0 Å². The Morgan fingerprint density at radius 2 is 1.96 bits per heavy atom. The van der Waals surface area contributed by atoms with Crippen LogP contribution in [0.4, 0.5) is 5.82 Å². The van der Waals surface area contributed by atoms with Crippen LogP contribution in [0.5, 0.6) is 0 Å². The van der Waals surface area contributed by atoms with Crippen LogP contribution in [-0.2, 0) is 19.3 Å². The molecule has 1 aromatic carbocycles. The monoisotopic (exact) mass is 346 g/mol. The summed E-state index contributed by atoms with van der Waals surface area (Å²) in [5.41, 5.74) is 3.41. The van der Waals surface area contributed by atoms with Gasteiger partial charge in [0, 0.05) is 23.6 Å². The first-order valence-corrected chi connectivity index (χ1v) is 8.72. The number of halogens is 1. The molecule has 24 heavy (non-hydrogen) atoms. The van der Waals surface area contributed by atoms with Gasteiger partial charge in [0.05, 0.1) is 18.3 Å². The van der Waals surface area contributed by atoms with Gasteiger partial charge in [-0.15, -0.1) is 0 Å². The lowest BCUT2D eigenvalue weighted by molar-refractivity contribution is 0.273. The van der Waals surface area contributed by atoms with E-state index < -0.39 is 0 Å². The van der Waals surface area contributed by atoms with E-state index in [0.29, 0.717) is 6.42 Å². The summed E-state index contributed by atoms with van der Waals surface area (Å²) in [6, 6.07) is 7.63. The van der Waals surface area contributed by atoms with Crippen molar-refractivity contribution in [3.63, 3.8) is 0 Å². The fourth-order valence-electron chi connectivity index (χ4n) is 3.05. The average Bonchev–Trinajstić information content (AvgIpc) is 2.81. The average molecular weight is 347 g/mol. The molecule has 0 saturated carbocycles. The molecule has 0 spiro atoms. The van der Waals surface area contributed by atoms with Crippen LogP contribution in [0.25, 0.3) is 0 Å². The van der Waals surface area contributed by atoms with E-state index in [1.807, 2.05) is 31.2 Å². The lowest BCUT2D eigenvalue weighted by Crippen LogP contribution is -2.28. The van der Waals surface area contributed by atoms with Gasteiger partial charge in [0.25, 0.3) is 0 Å². The molecule has 2 heterocycles.